The third-order valence-electron chi connectivity index (χ3n) is 2.29. The maximum Gasteiger partial charge on any atom is 0.224 e. The van der Waals surface area contributed by atoms with Crippen LogP contribution in [0.4, 0.5) is 11.8 Å². The van der Waals surface area contributed by atoms with Gasteiger partial charge in [0.15, 0.2) is 0 Å². The van der Waals surface area contributed by atoms with E-state index in [-0.39, 0.29) is 0 Å². The Morgan fingerprint density at radius 1 is 1.28 bits per heavy atom. The highest BCUT2D eigenvalue weighted by atomic mass is 32.1. The molecule has 18 heavy (non-hydrogen) atoms. The van der Waals surface area contributed by atoms with E-state index < -0.39 is 0 Å². The summed E-state index contributed by atoms with van der Waals surface area (Å²) in [5, 5.41) is 9.47. The van der Waals surface area contributed by atoms with E-state index >= 15 is 0 Å². The van der Waals surface area contributed by atoms with Crippen LogP contribution in [0, 0.1) is 6.92 Å². The Morgan fingerprint density at radius 2 is 2.17 bits per heavy atom. The Balaban J connectivity index is 2.00. The number of nitrogens with zero attached hydrogens (tertiary/aromatic N) is 3. The molecule has 0 bridgehead atoms. The van der Waals surface area contributed by atoms with Crippen LogP contribution in [-0.2, 0) is 6.54 Å². The van der Waals surface area contributed by atoms with Crippen molar-refractivity contribution in [2.45, 2.75) is 26.8 Å². The molecule has 0 saturated carbocycles. The van der Waals surface area contributed by atoms with Crippen LogP contribution in [0.15, 0.2) is 17.6 Å². The third-order valence-corrected chi connectivity index (χ3v) is 3.07. The van der Waals surface area contributed by atoms with Crippen LogP contribution < -0.4 is 10.6 Å². The lowest BCUT2D eigenvalue weighted by atomic mass is 10.4. The summed E-state index contributed by atoms with van der Waals surface area (Å²) in [6.07, 6.45) is 2.86. The Labute approximate surface area is 111 Å². The highest BCUT2D eigenvalue weighted by molar-refractivity contribution is 7.09. The Bertz CT molecular complexity index is 483. The van der Waals surface area contributed by atoms with Crippen LogP contribution in [0.1, 0.15) is 24.0 Å². The predicted molar refractivity (Wildman–Crippen MR) is 75.0 cm³/mol. The van der Waals surface area contributed by atoms with Crippen molar-refractivity contribution in [1.82, 2.24) is 15.0 Å². The van der Waals surface area contributed by atoms with Crippen molar-refractivity contribution in [2.75, 3.05) is 17.2 Å². The van der Waals surface area contributed by atoms with Crippen molar-refractivity contribution in [3.63, 3.8) is 0 Å². The second-order valence-corrected chi connectivity index (χ2v) is 4.90. The molecule has 2 N–H and O–H groups in total. The first-order chi connectivity index (χ1) is 8.78. The lowest BCUT2D eigenvalue weighted by molar-refractivity contribution is 0.943. The van der Waals surface area contributed by atoms with E-state index in [0.717, 1.165) is 29.5 Å². The molecule has 0 radical (unpaired) electrons. The zero-order valence-corrected chi connectivity index (χ0v) is 11.4. The fourth-order valence-electron chi connectivity index (χ4n) is 1.48. The van der Waals surface area contributed by atoms with Crippen LogP contribution in [0.3, 0.4) is 0 Å². The van der Waals surface area contributed by atoms with Gasteiger partial charge in [-0.1, -0.05) is 6.92 Å². The van der Waals surface area contributed by atoms with Crippen molar-refractivity contribution in [1.29, 1.82) is 0 Å². The van der Waals surface area contributed by atoms with E-state index in [1.54, 1.807) is 17.5 Å². The molecule has 0 aliphatic rings. The summed E-state index contributed by atoms with van der Waals surface area (Å²) in [4.78, 5) is 13.0. The Hall–Kier alpha value is -1.69. The number of thiazole rings is 1. The minimum absolute atomic E-state index is 0.679. The highest BCUT2D eigenvalue weighted by Gasteiger charge is 2.02. The van der Waals surface area contributed by atoms with Gasteiger partial charge in [-0.05, 0) is 13.3 Å². The Morgan fingerprint density at radius 3 is 2.89 bits per heavy atom. The first-order valence-electron chi connectivity index (χ1n) is 5.99. The van der Waals surface area contributed by atoms with Gasteiger partial charge >= 0.3 is 0 Å². The molecule has 0 spiro atoms. The fraction of sp³-hybridized carbons (Fsp3) is 0.417. The monoisotopic (exact) mass is 263 g/mol. The molecule has 2 aromatic heterocycles. The molecule has 0 atom stereocenters. The van der Waals surface area contributed by atoms with Gasteiger partial charge in [-0.3, -0.25) is 0 Å². The fourth-order valence-corrected chi connectivity index (χ4v) is 2.04. The molecule has 0 unspecified atom stereocenters. The van der Waals surface area contributed by atoms with Gasteiger partial charge in [-0.2, -0.15) is 4.98 Å². The lowest BCUT2D eigenvalue weighted by Crippen LogP contribution is -2.08. The van der Waals surface area contributed by atoms with Crippen LogP contribution in [0.5, 0.6) is 0 Å². The number of rotatable bonds is 6. The third kappa shape index (κ3) is 3.66. The topological polar surface area (TPSA) is 62.7 Å². The largest absolute Gasteiger partial charge is 0.363 e. The van der Waals surface area contributed by atoms with Gasteiger partial charge in [0.25, 0.3) is 0 Å². The summed E-state index contributed by atoms with van der Waals surface area (Å²) in [5.41, 5.74) is 0.949. The van der Waals surface area contributed by atoms with Gasteiger partial charge in [-0.15, -0.1) is 11.3 Å². The molecule has 0 saturated heterocycles. The van der Waals surface area contributed by atoms with Crippen molar-refractivity contribution >= 4 is 23.1 Å². The van der Waals surface area contributed by atoms with E-state index in [1.807, 2.05) is 18.4 Å². The van der Waals surface area contributed by atoms with Crippen molar-refractivity contribution < 1.29 is 0 Å². The maximum absolute atomic E-state index is 4.41. The minimum Gasteiger partial charge on any atom is -0.363 e. The van der Waals surface area contributed by atoms with E-state index in [4.69, 9.17) is 0 Å². The van der Waals surface area contributed by atoms with Gasteiger partial charge in [0, 0.05) is 29.9 Å². The molecule has 0 aliphatic carbocycles. The van der Waals surface area contributed by atoms with Crippen molar-refractivity contribution in [2.24, 2.45) is 0 Å². The molecule has 5 nitrogen and oxygen atoms in total. The smallest absolute Gasteiger partial charge is 0.224 e. The molecular weight excluding hydrogens is 246 g/mol. The summed E-state index contributed by atoms with van der Waals surface area (Å²) in [7, 11) is 0. The average molecular weight is 263 g/mol. The summed E-state index contributed by atoms with van der Waals surface area (Å²) in [6, 6.07) is 1.94. The van der Waals surface area contributed by atoms with E-state index in [2.05, 4.69) is 32.5 Å². The van der Waals surface area contributed by atoms with Gasteiger partial charge in [0.1, 0.15) is 10.8 Å². The summed E-state index contributed by atoms with van der Waals surface area (Å²) >= 11 is 1.63. The maximum atomic E-state index is 4.41. The molecule has 2 heterocycles. The quantitative estimate of drug-likeness (QED) is 0.839. The van der Waals surface area contributed by atoms with Crippen LogP contribution in [0.25, 0.3) is 0 Å². The number of nitrogens with one attached hydrogen (secondary N) is 2. The number of hydrogen-bond donors (Lipinski definition) is 2. The number of aromatic nitrogens is 3. The van der Waals surface area contributed by atoms with E-state index in [1.165, 1.54) is 0 Å². The highest BCUT2D eigenvalue weighted by Crippen LogP contribution is 2.12. The van der Waals surface area contributed by atoms with Gasteiger partial charge < -0.3 is 10.6 Å². The molecule has 2 rings (SSSR count). The molecule has 96 valence electrons. The lowest BCUT2D eigenvalue weighted by Gasteiger charge is -2.08. The first-order valence-corrected chi connectivity index (χ1v) is 6.87. The molecule has 6 heteroatoms. The normalized spacial score (nSPS) is 10.3. The molecule has 0 fully saturated rings. The van der Waals surface area contributed by atoms with Crippen molar-refractivity contribution in [3.8, 4) is 0 Å². The Kier molecular flexibility index (Phi) is 4.46. The molecular formula is C12H17N5S. The first kappa shape index (κ1) is 12.8. The summed E-state index contributed by atoms with van der Waals surface area (Å²) < 4.78 is 0. The van der Waals surface area contributed by atoms with Crippen LogP contribution >= 0.6 is 11.3 Å². The van der Waals surface area contributed by atoms with Crippen LogP contribution in [-0.4, -0.2) is 21.5 Å². The molecule has 0 aromatic carbocycles. The molecule has 0 aliphatic heterocycles. The SMILES string of the molecule is CCCNc1nc(C)cc(NCc2nccs2)n1. The van der Waals surface area contributed by atoms with Gasteiger partial charge in [-0.25, -0.2) is 9.97 Å². The number of aryl methyl sites for hydroxylation is 1. The van der Waals surface area contributed by atoms with Gasteiger partial charge in [0.2, 0.25) is 5.95 Å². The van der Waals surface area contributed by atoms with Crippen LogP contribution in [0.2, 0.25) is 0 Å². The summed E-state index contributed by atoms with van der Waals surface area (Å²) in [6.45, 7) is 5.66. The number of hydrogen-bond acceptors (Lipinski definition) is 6. The van der Waals surface area contributed by atoms with E-state index in [0.29, 0.717) is 12.5 Å². The standard InChI is InChI=1S/C12H17N5S/c1-3-4-14-12-16-9(2)7-10(17-12)15-8-11-13-5-6-18-11/h5-7H,3-4,8H2,1-2H3,(H2,14,15,16,17). The second-order valence-electron chi connectivity index (χ2n) is 3.92. The molecule has 2 aromatic rings. The van der Waals surface area contributed by atoms with Crippen molar-refractivity contribution in [3.05, 3.63) is 28.3 Å². The minimum atomic E-state index is 0.679. The second kappa shape index (κ2) is 6.30. The predicted octanol–water partition coefficient (Wildman–Crippen LogP) is 2.68. The number of anilines is 2. The zero-order valence-electron chi connectivity index (χ0n) is 10.6. The van der Waals surface area contributed by atoms with E-state index in [9.17, 15) is 0 Å². The average Bonchev–Trinajstić information content (AvgIpc) is 2.86. The van der Waals surface area contributed by atoms with Gasteiger partial charge in [0.05, 0.1) is 6.54 Å². The molecule has 0 amide bonds. The zero-order chi connectivity index (χ0) is 12.8. The summed E-state index contributed by atoms with van der Waals surface area (Å²) in [5.74, 6) is 1.51.